The molecule has 0 amide bonds. The fourth-order valence-corrected chi connectivity index (χ4v) is 2.71. The quantitative estimate of drug-likeness (QED) is 0.752. The van der Waals surface area contributed by atoms with Gasteiger partial charge >= 0.3 is 0 Å². The fourth-order valence-electron chi connectivity index (χ4n) is 2.60. The Hall–Kier alpha value is -0.600. The van der Waals surface area contributed by atoms with E-state index in [2.05, 4.69) is 5.32 Å². The van der Waals surface area contributed by atoms with Crippen molar-refractivity contribution in [3.05, 3.63) is 34.6 Å². The van der Waals surface area contributed by atoms with Crippen molar-refractivity contribution in [2.24, 2.45) is 5.92 Å². The molecule has 1 saturated carbocycles. The number of nitrogens with one attached hydrogen (secondary N) is 1. The van der Waals surface area contributed by atoms with Crippen LogP contribution in [0.5, 0.6) is 0 Å². The number of hydrogen-bond donors (Lipinski definition) is 1. The standard InChI is InChI=1S/C11H11ClFN/c12-9-2-1-7(3-10(9)13)11-4-8(11)5-14-6-11/h1-3,8,14H,4-6H2/t8-,11+/m1/s1. The maximum absolute atomic E-state index is 13.3. The van der Waals surface area contributed by atoms with Crippen LogP contribution in [0.15, 0.2) is 18.2 Å². The summed E-state index contributed by atoms with van der Waals surface area (Å²) in [7, 11) is 0. The van der Waals surface area contributed by atoms with Crippen LogP contribution in [0.2, 0.25) is 5.02 Å². The predicted octanol–water partition coefficient (Wildman–Crippen LogP) is 2.34. The molecule has 0 radical (unpaired) electrons. The van der Waals surface area contributed by atoms with Crippen molar-refractivity contribution in [1.29, 1.82) is 0 Å². The summed E-state index contributed by atoms with van der Waals surface area (Å²) >= 11 is 5.66. The Bertz CT molecular complexity index is 393. The van der Waals surface area contributed by atoms with E-state index in [1.165, 1.54) is 6.42 Å². The van der Waals surface area contributed by atoms with Crippen LogP contribution >= 0.6 is 11.6 Å². The van der Waals surface area contributed by atoms with Gasteiger partial charge < -0.3 is 5.32 Å². The Kier molecular flexibility index (Phi) is 1.68. The van der Waals surface area contributed by atoms with E-state index in [0.29, 0.717) is 5.92 Å². The van der Waals surface area contributed by atoms with Gasteiger partial charge in [-0.1, -0.05) is 17.7 Å². The molecule has 1 nitrogen and oxygen atoms in total. The van der Waals surface area contributed by atoms with E-state index in [1.54, 1.807) is 12.1 Å². The maximum atomic E-state index is 13.3. The molecule has 1 aromatic rings. The van der Waals surface area contributed by atoms with Crippen molar-refractivity contribution in [3.63, 3.8) is 0 Å². The van der Waals surface area contributed by atoms with Crippen molar-refractivity contribution < 1.29 is 4.39 Å². The van der Waals surface area contributed by atoms with E-state index >= 15 is 0 Å². The monoisotopic (exact) mass is 211 g/mol. The number of halogens is 2. The summed E-state index contributed by atoms with van der Waals surface area (Å²) in [6, 6.07) is 5.21. The Morgan fingerprint density at radius 3 is 2.93 bits per heavy atom. The van der Waals surface area contributed by atoms with E-state index < -0.39 is 0 Å². The molecule has 2 fully saturated rings. The molecular formula is C11H11ClFN. The molecule has 2 atom stereocenters. The van der Waals surface area contributed by atoms with Crippen LogP contribution < -0.4 is 5.32 Å². The van der Waals surface area contributed by atoms with Gasteiger partial charge in [0.05, 0.1) is 5.02 Å². The molecule has 1 N–H and O–H groups in total. The summed E-state index contributed by atoms with van der Waals surface area (Å²) in [5.74, 6) is 0.416. The van der Waals surface area contributed by atoms with Crippen molar-refractivity contribution in [2.75, 3.05) is 13.1 Å². The molecule has 0 unspecified atom stereocenters. The highest BCUT2D eigenvalue weighted by molar-refractivity contribution is 6.30. The van der Waals surface area contributed by atoms with Gasteiger partial charge in [0, 0.05) is 12.0 Å². The van der Waals surface area contributed by atoms with Crippen LogP contribution in [0.3, 0.4) is 0 Å². The topological polar surface area (TPSA) is 12.0 Å². The first-order valence-electron chi connectivity index (χ1n) is 4.89. The van der Waals surface area contributed by atoms with Gasteiger partial charge in [0.25, 0.3) is 0 Å². The summed E-state index contributed by atoms with van der Waals surface area (Å²) in [6.07, 6.45) is 1.20. The Morgan fingerprint density at radius 1 is 1.50 bits per heavy atom. The molecule has 3 rings (SSSR count). The molecule has 74 valence electrons. The highest BCUT2D eigenvalue weighted by Crippen LogP contribution is 2.56. The lowest BCUT2D eigenvalue weighted by Gasteiger charge is -2.12. The van der Waals surface area contributed by atoms with E-state index in [1.807, 2.05) is 6.07 Å². The lowest BCUT2D eigenvalue weighted by molar-refractivity contribution is 0.614. The highest BCUT2D eigenvalue weighted by atomic mass is 35.5. The smallest absolute Gasteiger partial charge is 0.142 e. The van der Waals surface area contributed by atoms with Crippen LogP contribution in [0.4, 0.5) is 4.39 Å². The molecular weight excluding hydrogens is 201 g/mol. The second-order valence-electron chi connectivity index (χ2n) is 4.32. The maximum Gasteiger partial charge on any atom is 0.142 e. The average molecular weight is 212 g/mol. The Labute approximate surface area is 87.3 Å². The molecule has 3 heteroatoms. The summed E-state index contributed by atoms with van der Waals surface area (Å²) in [5.41, 5.74) is 1.33. The summed E-state index contributed by atoms with van der Waals surface area (Å²) in [5, 5.41) is 3.56. The third kappa shape index (κ3) is 1.04. The van der Waals surface area contributed by atoms with E-state index in [-0.39, 0.29) is 16.3 Å². The van der Waals surface area contributed by atoms with Crippen LogP contribution in [0.25, 0.3) is 0 Å². The van der Waals surface area contributed by atoms with Gasteiger partial charge in [-0.05, 0) is 36.6 Å². The van der Waals surface area contributed by atoms with Gasteiger partial charge in [-0.3, -0.25) is 0 Å². The fraction of sp³-hybridized carbons (Fsp3) is 0.455. The molecule has 0 aromatic heterocycles. The minimum atomic E-state index is -0.295. The minimum Gasteiger partial charge on any atom is -0.316 e. The van der Waals surface area contributed by atoms with Gasteiger partial charge in [-0.15, -0.1) is 0 Å². The number of fused-ring (bicyclic) bond motifs is 1. The summed E-state index contributed by atoms with van der Waals surface area (Å²) < 4.78 is 13.3. The number of piperidine rings is 1. The first-order chi connectivity index (χ1) is 6.72. The van der Waals surface area contributed by atoms with Crippen molar-refractivity contribution in [3.8, 4) is 0 Å². The minimum absolute atomic E-state index is 0.216. The second-order valence-corrected chi connectivity index (χ2v) is 4.72. The van der Waals surface area contributed by atoms with Gasteiger partial charge in [-0.25, -0.2) is 4.39 Å². The van der Waals surface area contributed by atoms with E-state index in [4.69, 9.17) is 11.6 Å². The molecule has 0 spiro atoms. The van der Waals surface area contributed by atoms with Gasteiger partial charge in [-0.2, -0.15) is 0 Å². The van der Waals surface area contributed by atoms with Crippen LogP contribution in [-0.4, -0.2) is 13.1 Å². The molecule has 2 aliphatic rings. The second kappa shape index (κ2) is 2.71. The normalized spacial score (nSPS) is 34.3. The molecule has 1 saturated heterocycles. The number of hydrogen-bond acceptors (Lipinski definition) is 1. The number of benzene rings is 1. The van der Waals surface area contributed by atoms with E-state index in [9.17, 15) is 4.39 Å². The van der Waals surface area contributed by atoms with Gasteiger partial charge in [0.2, 0.25) is 0 Å². The molecule has 0 bridgehead atoms. The lowest BCUT2D eigenvalue weighted by Crippen LogP contribution is -2.19. The zero-order valence-electron chi connectivity index (χ0n) is 7.69. The van der Waals surface area contributed by atoms with Crippen LogP contribution in [-0.2, 0) is 5.41 Å². The van der Waals surface area contributed by atoms with Gasteiger partial charge in [0.15, 0.2) is 0 Å². The molecule has 1 aliphatic heterocycles. The summed E-state index contributed by atoms with van der Waals surface area (Å²) in [6.45, 7) is 2.06. The zero-order chi connectivity index (χ0) is 9.76. The van der Waals surface area contributed by atoms with Crippen molar-refractivity contribution >= 4 is 11.6 Å². The van der Waals surface area contributed by atoms with Gasteiger partial charge in [0.1, 0.15) is 5.82 Å². The number of rotatable bonds is 1. The van der Waals surface area contributed by atoms with Crippen LogP contribution in [0.1, 0.15) is 12.0 Å². The third-order valence-electron chi connectivity index (χ3n) is 3.56. The largest absolute Gasteiger partial charge is 0.316 e. The molecule has 1 aliphatic carbocycles. The lowest BCUT2D eigenvalue weighted by atomic mass is 9.95. The SMILES string of the molecule is Fc1cc([C@]23CNC[C@H]2C3)ccc1Cl. The predicted molar refractivity (Wildman–Crippen MR) is 54.1 cm³/mol. The highest BCUT2D eigenvalue weighted by Gasteiger charge is 2.58. The van der Waals surface area contributed by atoms with Crippen molar-refractivity contribution in [1.82, 2.24) is 5.32 Å². The Balaban J connectivity index is 2.01. The zero-order valence-corrected chi connectivity index (χ0v) is 8.44. The first-order valence-corrected chi connectivity index (χ1v) is 5.26. The molecule has 1 heterocycles. The first kappa shape index (κ1) is 8.69. The third-order valence-corrected chi connectivity index (χ3v) is 3.86. The van der Waals surface area contributed by atoms with E-state index in [0.717, 1.165) is 18.7 Å². The van der Waals surface area contributed by atoms with Crippen LogP contribution in [0, 0.1) is 11.7 Å². The molecule has 14 heavy (non-hydrogen) atoms. The Morgan fingerprint density at radius 2 is 2.36 bits per heavy atom. The average Bonchev–Trinajstić information content (AvgIpc) is 2.75. The van der Waals surface area contributed by atoms with Crippen molar-refractivity contribution in [2.45, 2.75) is 11.8 Å². The summed E-state index contributed by atoms with van der Waals surface area (Å²) in [4.78, 5) is 0. The molecule has 1 aromatic carbocycles.